The highest BCUT2D eigenvalue weighted by atomic mass is 32.1. The van der Waals surface area contributed by atoms with E-state index in [0.29, 0.717) is 20.2 Å². The number of hydrogen-bond donors (Lipinski definition) is 2. The molecule has 0 aliphatic heterocycles. The van der Waals surface area contributed by atoms with Crippen molar-refractivity contribution in [1.82, 2.24) is 0 Å². The summed E-state index contributed by atoms with van der Waals surface area (Å²) >= 11 is 1.24. The maximum absolute atomic E-state index is 11.4. The van der Waals surface area contributed by atoms with Crippen molar-refractivity contribution < 1.29 is 19.4 Å². The van der Waals surface area contributed by atoms with Crippen LogP contribution in [0.5, 0.6) is 0 Å². The zero-order valence-corrected chi connectivity index (χ0v) is 14.9. The van der Waals surface area contributed by atoms with E-state index in [1.165, 1.54) is 49.4 Å². The Morgan fingerprint density at radius 3 is 1.48 bits per heavy atom. The van der Waals surface area contributed by atoms with Crippen LogP contribution in [0.4, 0.5) is 22.7 Å². The molecule has 11 heteroatoms. The molecule has 0 bridgehead atoms. The highest BCUT2D eigenvalue weighted by molar-refractivity contribution is 7.25. The predicted octanol–water partition coefficient (Wildman–Crippen LogP) is 3.79. The summed E-state index contributed by atoms with van der Waals surface area (Å²) < 4.78 is 1.21. The first-order valence-electron chi connectivity index (χ1n) is 7.55. The summed E-state index contributed by atoms with van der Waals surface area (Å²) in [4.78, 5) is 44.1. The van der Waals surface area contributed by atoms with Gasteiger partial charge in [-0.25, -0.2) is 0 Å². The minimum Gasteiger partial charge on any atom is -0.321 e. The lowest BCUT2D eigenvalue weighted by Gasteiger charge is -2.05. The van der Waals surface area contributed by atoms with E-state index in [4.69, 9.17) is 0 Å². The average molecular weight is 388 g/mol. The number of amides is 2. The number of nitro groups is 2. The van der Waals surface area contributed by atoms with Gasteiger partial charge in [0.2, 0.25) is 11.8 Å². The Morgan fingerprint density at radius 2 is 1.19 bits per heavy atom. The molecule has 0 unspecified atom stereocenters. The van der Waals surface area contributed by atoms with Crippen LogP contribution in [0.15, 0.2) is 24.3 Å². The SMILES string of the molecule is CC(=O)Nc1cc2sc3cc(NC(C)=O)c([N+](=O)[O-])cc3c2cc1[N+](=O)[O-]. The summed E-state index contributed by atoms with van der Waals surface area (Å²) in [5.41, 5.74) is -0.539. The molecule has 3 rings (SSSR count). The van der Waals surface area contributed by atoms with E-state index in [0.717, 1.165) is 0 Å². The highest BCUT2D eigenvalue weighted by Crippen LogP contribution is 2.43. The molecule has 27 heavy (non-hydrogen) atoms. The maximum atomic E-state index is 11.4. The number of nitro benzene ring substituents is 2. The number of rotatable bonds is 4. The van der Waals surface area contributed by atoms with Crippen LogP contribution in [-0.4, -0.2) is 21.7 Å². The van der Waals surface area contributed by atoms with Gasteiger partial charge in [-0.3, -0.25) is 29.8 Å². The molecule has 2 amide bonds. The van der Waals surface area contributed by atoms with Gasteiger partial charge in [-0.05, 0) is 12.1 Å². The first-order chi connectivity index (χ1) is 12.7. The second-order valence-corrected chi connectivity index (χ2v) is 6.79. The lowest BCUT2D eigenvalue weighted by atomic mass is 10.1. The van der Waals surface area contributed by atoms with Crippen LogP contribution < -0.4 is 10.6 Å². The Kier molecular flexibility index (Phi) is 4.45. The summed E-state index contributed by atoms with van der Waals surface area (Å²) in [5, 5.41) is 28.5. The lowest BCUT2D eigenvalue weighted by Crippen LogP contribution is -2.08. The molecule has 138 valence electrons. The minimum atomic E-state index is -0.631. The van der Waals surface area contributed by atoms with Crippen LogP contribution in [0, 0.1) is 20.2 Å². The number of fused-ring (bicyclic) bond motifs is 3. The second-order valence-electron chi connectivity index (χ2n) is 5.71. The van der Waals surface area contributed by atoms with Crippen molar-refractivity contribution in [3.63, 3.8) is 0 Å². The minimum absolute atomic E-state index is 0.0446. The lowest BCUT2D eigenvalue weighted by molar-refractivity contribution is -0.384. The first kappa shape index (κ1) is 18.2. The molecule has 0 radical (unpaired) electrons. The second kappa shape index (κ2) is 6.61. The van der Waals surface area contributed by atoms with Crippen molar-refractivity contribution in [2.45, 2.75) is 13.8 Å². The number of benzene rings is 2. The smallest absolute Gasteiger partial charge is 0.293 e. The van der Waals surface area contributed by atoms with Gasteiger partial charge in [0.05, 0.1) is 9.85 Å². The number of hydrogen-bond acceptors (Lipinski definition) is 7. The Bertz CT molecular complexity index is 1060. The van der Waals surface area contributed by atoms with E-state index in [2.05, 4.69) is 10.6 Å². The molecular weight excluding hydrogens is 376 g/mol. The molecule has 2 N–H and O–H groups in total. The number of carbonyl (C=O) groups excluding carboxylic acids is 2. The van der Waals surface area contributed by atoms with E-state index in [9.17, 15) is 29.8 Å². The monoisotopic (exact) mass is 388 g/mol. The Hall–Kier alpha value is -3.60. The Balaban J connectivity index is 2.33. The van der Waals surface area contributed by atoms with Gasteiger partial charge in [-0.15, -0.1) is 11.3 Å². The summed E-state index contributed by atoms with van der Waals surface area (Å²) in [6, 6.07) is 5.48. The molecule has 0 aliphatic rings. The zero-order valence-electron chi connectivity index (χ0n) is 14.1. The third-order valence-electron chi connectivity index (χ3n) is 3.72. The predicted molar refractivity (Wildman–Crippen MR) is 101 cm³/mol. The van der Waals surface area contributed by atoms with Crippen molar-refractivity contribution in [1.29, 1.82) is 0 Å². The van der Waals surface area contributed by atoms with Crippen molar-refractivity contribution in [2.24, 2.45) is 0 Å². The van der Waals surface area contributed by atoms with E-state index in [1.54, 1.807) is 0 Å². The number of nitrogens with one attached hydrogen (secondary N) is 2. The maximum Gasteiger partial charge on any atom is 0.293 e. The molecular formula is C16H12N4O6S. The van der Waals surface area contributed by atoms with Gasteiger partial charge in [0, 0.05) is 46.2 Å². The Morgan fingerprint density at radius 1 is 0.815 bits per heavy atom. The van der Waals surface area contributed by atoms with Gasteiger partial charge in [0.15, 0.2) is 0 Å². The summed E-state index contributed by atoms with van der Waals surface area (Å²) in [6.45, 7) is 2.48. The van der Waals surface area contributed by atoms with E-state index >= 15 is 0 Å². The van der Waals surface area contributed by atoms with Gasteiger partial charge in [0.25, 0.3) is 11.4 Å². The molecule has 0 atom stereocenters. The fourth-order valence-corrected chi connectivity index (χ4v) is 3.87. The average Bonchev–Trinajstić information content (AvgIpc) is 2.87. The van der Waals surface area contributed by atoms with E-state index in [-0.39, 0.29) is 22.7 Å². The molecule has 0 saturated carbocycles. The third kappa shape index (κ3) is 3.40. The normalized spacial score (nSPS) is 10.7. The van der Waals surface area contributed by atoms with Gasteiger partial charge >= 0.3 is 0 Å². The van der Waals surface area contributed by atoms with Gasteiger partial charge in [-0.2, -0.15) is 0 Å². The van der Waals surface area contributed by atoms with Crippen molar-refractivity contribution in [2.75, 3.05) is 10.6 Å². The van der Waals surface area contributed by atoms with Crippen LogP contribution in [0.1, 0.15) is 13.8 Å². The van der Waals surface area contributed by atoms with Crippen LogP contribution in [0.25, 0.3) is 20.2 Å². The largest absolute Gasteiger partial charge is 0.321 e. The summed E-state index contributed by atoms with van der Waals surface area (Å²) in [5.74, 6) is -0.913. The van der Waals surface area contributed by atoms with Crippen molar-refractivity contribution in [3.8, 4) is 0 Å². The van der Waals surface area contributed by atoms with Gasteiger partial charge in [-0.1, -0.05) is 0 Å². The summed E-state index contributed by atoms with van der Waals surface area (Å²) in [6.07, 6.45) is 0. The third-order valence-corrected chi connectivity index (χ3v) is 4.84. The number of anilines is 2. The molecule has 0 saturated heterocycles. The van der Waals surface area contributed by atoms with Crippen molar-refractivity contribution >= 4 is 66.1 Å². The molecule has 3 aromatic rings. The zero-order chi connectivity index (χ0) is 19.9. The summed E-state index contributed by atoms with van der Waals surface area (Å²) in [7, 11) is 0. The first-order valence-corrected chi connectivity index (χ1v) is 8.37. The Labute approximate surface area is 155 Å². The molecule has 1 aromatic heterocycles. The van der Waals surface area contributed by atoms with E-state index < -0.39 is 21.7 Å². The molecule has 1 heterocycles. The molecule has 2 aromatic carbocycles. The molecule has 0 aliphatic carbocycles. The topological polar surface area (TPSA) is 144 Å². The number of nitrogens with zero attached hydrogens (tertiary/aromatic N) is 2. The van der Waals surface area contributed by atoms with Crippen LogP contribution in [-0.2, 0) is 9.59 Å². The highest BCUT2D eigenvalue weighted by Gasteiger charge is 2.22. The molecule has 10 nitrogen and oxygen atoms in total. The van der Waals surface area contributed by atoms with Crippen molar-refractivity contribution in [3.05, 3.63) is 44.5 Å². The fourth-order valence-electron chi connectivity index (χ4n) is 2.73. The molecule has 0 fully saturated rings. The standard InChI is InChI=1S/C16H12N4O6S/c1-7(21)17-11-5-15-9(3-13(11)19(23)24)10-4-14(20(25)26)12(18-8(2)22)6-16(10)27-15/h3-6H,1-2H3,(H,17,21)(H,18,22). The number of carbonyl (C=O) groups is 2. The fraction of sp³-hybridized carbons (Fsp3) is 0.125. The van der Waals surface area contributed by atoms with Crippen LogP contribution >= 0.6 is 11.3 Å². The van der Waals surface area contributed by atoms with Crippen LogP contribution in [0.2, 0.25) is 0 Å². The molecule has 0 spiro atoms. The number of thiophene rings is 1. The van der Waals surface area contributed by atoms with Crippen LogP contribution in [0.3, 0.4) is 0 Å². The van der Waals surface area contributed by atoms with E-state index in [1.807, 2.05) is 0 Å². The van der Waals surface area contributed by atoms with Gasteiger partial charge < -0.3 is 10.6 Å². The quantitative estimate of drug-likeness (QED) is 0.514. The van der Waals surface area contributed by atoms with Gasteiger partial charge in [0.1, 0.15) is 11.4 Å².